The van der Waals surface area contributed by atoms with Gasteiger partial charge in [-0.25, -0.2) is 0 Å². The highest BCUT2D eigenvalue weighted by Gasteiger charge is 2.59. The number of carboxylic acids is 1. The molecule has 3 aromatic rings. The number of allylic oxidation sites excluding steroid dienone is 2. The van der Waals surface area contributed by atoms with Gasteiger partial charge in [-0.1, -0.05) is 95.9 Å². The lowest BCUT2D eigenvalue weighted by molar-refractivity contribution is -0.145. The Bertz CT molecular complexity index is 1650. The lowest BCUT2D eigenvalue weighted by atomic mass is 9.46. The molecule has 0 aliphatic heterocycles. The third kappa shape index (κ3) is 6.22. The molecule has 0 spiro atoms. The Labute approximate surface area is 289 Å². The molecule has 9 atom stereocenters. The first-order valence-electron chi connectivity index (χ1n) is 19.5. The Kier molecular flexibility index (Phi) is 9.46. The summed E-state index contributed by atoms with van der Waals surface area (Å²) in [5.41, 5.74) is 2.34. The minimum absolute atomic E-state index is 0.196. The van der Waals surface area contributed by atoms with Gasteiger partial charge in [-0.05, 0) is 156 Å². The average Bonchev–Trinajstić information content (AvgIpc) is 3.42. The summed E-state index contributed by atoms with van der Waals surface area (Å²) in [4.78, 5) is 12.7. The largest absolute Gasteiger partial charge is 0.494 e. The smallest absolute Gasteiger partial charge is 0.306 e. The van der Waals surface area contributed by atoms with Crippen LogP contribution < -0.4 is 4.74 Å². The van der Waals surface area contributed by atoms with E-state index in [0.29, 0.717) is 18.4 Å². The fraction of sp³-hybridized carbons (Fsp3) is 0.622. The summed E-state index contributed by atoms with van der Waals surface area (Å²) < 4.78 is 6.22. The molecule has 0 radical (unpaired) electrons. The molecule has 3 aromatic carbocycles. The number of hydrogen-bond acceptors (Lipinski definition) is 2. The topological polar surface area (TPSA) is 46.5 Å². The maximum atomic E-state index is 12.7. The summed E-state index contributed by atoms with van der Waals surface area (Å²) >= 11 is 0. The first kappa shape index (κ1) is 33.7. The molecule has 4 aliphatic carbocycles. The number of carbonyl (C=O) groups is 1. The van der Waals surface area contributed by atoms with Crippen LogP contribution in [0.3, 0.4) is 0 Å². The van der Waals surface area contributed by atoms with Crippen molar-refractivity contribution >= 4 is 27.5 Å². The number of aliphatic carboxylic acids is 1. The Morgan fingerprint density at radius 3 is 2.35 bits per heavy atom. The summed E-state index contributed by atoms with van der Waals surface area (Å²) in [6.07, 6.45) is 17.3. The van der Waals surface area contributed by atoms with Crippen LogP contribution in [-0.4, -0.2) is 17.7 Å². The number of carboxylic acid groups (broad SMARTS) is 1. The molecule has 7 rings (SSSR count). The Balaban J connectivity index is 0.990. The zero-order chi connectivity index (χ0) is 33.6. The van der Waals surface area contributed by atoms with Gasteiger partial charge in [0.05, 0.1) is 12.5 Å². The Morgan fingerprint density at radius 2 is 1.60 bits per heavy atom. The standard InChI is InChI=1S/C45H60O3/c1-29(2)9-8-10-30(3)40-17-18-41-39-16-14-36-27-34(19-22-44(36,4)42(39)20-23-45(40,41)5)38(43(46)47)21-24-48-37-15-13-33-25-31-11-6-7-12-32(31)26-35(33)28-37/h6-7,11-15,25-26,28-30,34,38-42H,8-10,16-24,27H2,1-5H3,(H,46,47)/t30-,34+,38?,39+,40-,41+,42+,44+,45-/m1/s1. The zero-order valence-electron chi connectivity index (χ0n) is 30.3. The van der Waals surface area contributed by atoms with Crippen molar-refractivity contribution in [1.82, 2.24) is 0 Å². The first-order valence-corrected chi connectivity index (χ1v) is 19.5. The van der Waals surface area contributed by atoms with E-state index >= 15 is 0 Å². The SMILES string of the molecule is CC(C)CCC[C@@H](C)[C@H]1CC[C@H]2[C@@H]3CC=C4C[C@@H](C(CCOc5ccc6cc7ccccc7cc6c5)C(=O)O)CC[C@]4(C)[C@H]3CC[C@]12C. The molecule has 4 aliphatic rings. The molecule has 0 saturated heterocycles. The van der Waals surface area contributed by atoms with Crippen LogP contribution in [0.1, 0.15) is 112 Å². The van der Waals surface area contributed by atoms with Crippen LogP contribution in [-0.2, 0) is 4.79 Å². The van der Waals surface area contributed by atoms with Crippen molar-refractivity contribution in [3.63, 3.8) is 0 Å². The van der Waals surface area contributed by atoms with Crippen molar-refractivity contribution < 1.29 is 14.6 Å². The van der Waals surface area contributed by atoms with Crippen LogP contribution in [0.5, 0.6) is 5.75 Å². The monoisotopic (exact) mass is 648 g/mol. The van der Waals surface area contributed by atoms with E-state index in [4.69, 9.17) is 4.74 Å². The van der Waals surface area contributed by atoms with Crippen molar-refractivity contribution in [3.8, 4) is 5.75 Å². The quantitative estimate of drug-likeness (QED) is 0.166. The van der Waals surface area contributed by atoms with E-state index in [0.717, 1.165) is 65.9 Å². The molecular formula is C45H60O3. The highest BCUT2D eigenvalue weighted by Crippen LogP contribution is 2.67. The van der Waals surface area contributed by atoms with Crippen LogP contribution in [0.4, 0.5) is 0 Å². The van der Waals surface area contributed by atoms with Gasteiger partial charge in [0, 0.05) is 0 Å². The summed E-state index contributed by atoms with van der Waals surface area (Å²) in [5.74, 6) is 4.98. The lowest BCUT2D eigenvalue weighted by Gasteiger charge is -2.59. The normalized spacial score (nSPS) is 32.7. The molecule has 3 saturated carbocycles. The molecular weight excluding hydrogens is 588 g/mol. The third-order valence-corrected chi connectivity index (χ3v) is 14.6. The first-order chi connectivity index (χ1) is 23.1. The molecule has 1 unspecified atom stereocenters. The van der Waals surface area contributed by atoms with E-state index in [1.807, 2.05) is 6.07 Å². The number of hydrogen-bond donors (Lipinski definition) is 1. The second-order valence-electron chi connectivity index (χ2n) is 17.6. The van der Waals surface area contributed by atoms with Crippen LogP contribution in [0, 0.1) is 58.2 Å². The third-order valence-electron chi connectivity index (χ3n) is 14.6. The second-order valence-corrected chi connectivity index (χ2v) is 17.6. The Hall–Kier alpha value is -2.81. The number of rotatable bonds is 11. The number of benzene rings is 3. The predicted molar refractivity (Wildman–Crippen MR) is 199 cm³/mol. The maximum absolute atomic E-state index is 12.7. The van der Waals surface area contributed by atoms with Crippen LogP contribution in [0.2, 0.25) is 0 Å². The van der Waals surface area contributed by atoms with Crippen LogP contribution in [0.15, 0.2) is 66.2 Å². The van der Waals surface area contributed by atoms with E-state index in [1.165, 1.54) is 67.5 Å². The molecule has 3 heteroatoms. The van der Waals surface area contributed by atoms with Gasteiger partial charge in [-0.2, -0.15) is 0 Å². The van der Waals surface area contributed by atoms with E-state index in [1.54, 1.807) is 5.57 Å². The predicted octanol–water partition coefficient (Wildman–Crippen LogP) is 12.1. The van der Waals surface area contributed by atoms with E-state index in [2.05, 4.69) is 89.2 Å². The zero-order valence-corrected chi connectivity index (χ0v) is 30.3. The fourth-order valence-electron chi connectivity index (χ4n) is 11.9. The summed E-state index contributed by atoms with van der Waals surface area (Å²) in [7, 11) is 0. The highest BCUT2D eigenvalue weighted by molar-refractivity contribution is 5.98. The summed E-state index contributed by atoms with van der Waals surface area (Å²) in [6, 6.07) is 19.1. The van der Waals surface area contributed by atoms with Crippen LogP contribution >= 0.6 is 0 Å². The van der Waals surface area contributed by atoms with E-state index in [9.17, 15) is 9.90 Å². The minimum atomic E-state index is -0.653. The average molecular weight is 649 g/mol. The molecule has 3 fully saturated rings. The Morgan fingerprint density at radius 1 is 0.854 bits per heavy atom. The van der Waals surface area contributed by atoms with Crippen molar-refractivity contribution in [2.24, 2.45) is 58.2 Å². The second kappa shape index (κ2) is 13.5. The van der Waals surface area contributed by atoms with Crippen molar-refractivity contribution in [1.29, 1.82) is 0 Å². The molecule has 48 heavy (non-hydrogen) atoms. The van der Waals surface area contributed by atoms with Crippen molar-refractivity contribution in [2.75, 3.05) is 6.61 Å². The molecule has 3 nitrogen and oxygen atoms in total. The highest BCUT2D eigenvalue weighted by atomic mass is 16.5. The van der Waals surface area contributed by atoms with Gasteiger partial charge in [0.25, 0.3) is 0 Å². The lowest BCUT2D eigenvalue weighted by Crippen LogP contribution is -2.51. The van der Waals surface area contributed by atoms with Crippen molar-refractivity contribution in [3.05, 3.63) is 66.2 Å². The van der Waals surface area contributed by atoms with Gasteiger partial charge in [0.15, 0.2) is 0 Å². The molecule has 0 heterocycles. The summed E-state index contributed by atoms with van der Waals surface area (Å²) in [6.45, 7) is 13.0. The van der Waals surface area contributed by atoms with Gasteiger partial charge in [-0.3, -0.25) is 4.79 Å². The molecule has 0 aromatic heterocycles. The van der Waals surface area contributed by atoms with Gasteiger partial charge in [0.2, 0.25) is 0 Å². The van der Waals surface area contributed by atoms with Gasteiger partial charge in [0.1, 0.15) is 5.75 Å². The van der Waals surface area contributed by atoms with Gasteiger partial charge in [-0.15, -0.1) is 0 Å². The minimum Gasteiger partial charge on any atom is -0.494 e. The van der Waals surface area contributed by atoms with Crippen molar-refractivity contribution in [2.45, 2.75) is 112 Å². The van der Waals surface area contributed by atoms with E-state index in [-0.39, 0.29) is 17.3 Å². The molecule has 1 N–H and O–H groups in total. The maximum Gasteiger partial charge on any atom is 0.306 e. The number of fused-ring (bicyclic) bond motifs is 7. The summed E-state index contributed by atoms with van der Waals surface area (Å²) in [5, 5.41) is 15.2. The van der Waals surface area contributed by atoms with Gasteiger partial charge < -0.3 is 9.84 Å². The molecule has 0 amide bonds. The molecule has 0 bridgehead atoms. The van der Waals surface area contributed by atoms with Gasteiger partial charge >= 0.3 is 5.97 Å². The van der Waals surface area contributed by atoms with E-state index < -0.39 is 5.97 Å². The molecule has 258 valence electrons. The number of ether oxygens (including phenoxy) is 1. The fourth-order valence-corrected chi connectivity index (χ4v) is 11.9. The van der Waals surface area contributed by atoms with Crippen LogP contribution in [0.25, 0.3) is 21.5 Å².